The Kier molecular flexibility index (Phi) is 6.09. The molecule has 30 heavy (non-hydrogen) atoms. The van der Waals surface area contributed by atoms with E-state index < -0.39 is 11.8 Å². The number of aliphatic hydroxyl groups is 1. The highest BCUT2D eigenvalue weighted by atomic mass is 16.5. The Morgan fingerprint density at radius 3 is 2.40 bits per heavy atom. The summed E-state index contributed by atoms with van der Waals surface area (Å²) in [5.41, 5.74) is 8.15. The van der Waals surface area contributed by atoms with Crippen LogP contribution in [0.4, 0.5) is 0 Å². The van der Waals surface area contributed by atoms with Crippen LogP contribution < -0.4 is 5.73 Å². The fourth-order valence-electron chi connectivity index (χ4n) is 4.61. The molecule has 2 aliphatic heterocycles. The van der Waals surface area contributed by atoms with Crippen LogP contribution in [0, 0.1) is 11.3 Å². The van der Waals surface area contributed by atoms with Gasteiger partial charge in [-0.05, 0) is 17.7 Å². The van der Waals surface area contributed by atoms with Crippen LogP contribution in [-0.2, 0) is 16.1 Å². The van der Waals surface area contributed by atoms with E-state index in [1.165, 1.54) is 0 Å². The Hall–Kier alpha value is -2.98. The van der Waals surface area contributed by atoms with Gasteiger partial charge in [0.2, 0.25) is 11.4 Å². The summed E-state index contributed by atoms with van der Waals surface area (Å²) in [6.45, 7) is 4.69. The molecule has 2 heterocycles. The lowest BCUT2D eigenvalue weighted by molar-refractivity contribution is -0.941. The lowest BCUT2D eigenvalue weighted by Gasteiger charge is -2.39. The van der Waals surface area contributed by atoms with Gasteiger partial charge in [0, 0.05) is 5.56 Å². The Bertz CT molecular complexity index is 995. The van der Waals surface area contributed by atoms with Gasteiger partial charge >= 0.3 is 5.88 Å². The summed E-state index contributed by atoms with van der Waals surface area (Å²) < 4.78 is 5.83. The number of ether oxygens (including phenoxy) is 1. The summed E-state index contributed by atoms with van der Waals surface area (Å²) >= 11 is 0. The lowest BCUT2D eigenvalue weighted by Crippen LogP contribution is -2.65. The third-order valence-electron chi connectivity index (χ3n) is 5.85. The average Bonchev–Trinajstić information content (AvgIpc) is 3.13. The Labute approximate surface area is 177 Å². The predicted octanol–water partition coefficient (Wildman–Crippen LogP) is 2.92. The molecule has 156 valence electrons. The second-order valence-corrected chi connectivity index (χ2v) is 7.48. The van der Waals surface area contributed by atoms with Crippen molar-refractivity contribution in [2.75, 3.05) is 13.7 Å². The normalized spacial score (nSPS) is 27.2. The summed E-state index contributed by atoms with van der Waals surface area (Å²) in [4.78, 5) is 13.5. The summed E-state index contributed by atoms with van der Waals surface area (Å²) in [6, 6.07) is 18.7. The molecule has 6 nitrogen and oxygen atoms in total. The quantitative estimate of drug-likeness (QED) is 0.761. The first-order valence-electron chi connectivity index (χ1n) is 10.2. The number of carbonyl (C=O) groups excluding carboxylic acids is 1. The van der Waals surface area contributed by atoms with Crippen LogP contribution in [0.2, 0.25) is 0 Å². The number of fused-ring (bicyclic) bond motifs is 1. The number of ketones is 1. The molecule has 3 unspecified atom stereocenters. The van der Waals surface area contributed by atoms with Crippen LogP contribution in [0.5, 0.6) is 0 Å². The first kappa shape index (κ1) is 21.7. The van der Waals surface area contributed by atoms with Crippen molar-refractivity contribution in [2.24, 2.45) is 5.73 Å². The summed E-state index contributed by atoms with van der Waals surface area (Å²) in [5, 5.41) is 19.5. The van der Waals surface area contributed by atoms with Gasteiger partial charge in [-0.25, -0.2) is 4.48 Å². The van der Waals surface area contributed by atoms with Gasteiger partial charge in [-0.3, -0.25) is 10.5 Å². The average molecular weight is 407 g/mol. The maximum atomic E-state index is 13.5. The van der Waals surface area contributed by atoms with E-state index in [2.05, 4.69) is 6.07 Å². The van der Waals surface area contributed by atoms with Gasteiger partial charge in [0.25, 0.3) is 0 Å². The van der Waals surface area contributed by atoms with Gasteiger partial charge in [0.1, 0.15) is 24.8 Å². The maximum Gasteiger partial charge on any atom is 0.305 e. The van der Waals surface area contributed by atoms with E-state index in [9.17, 15) is 9.90 Å². The zero-order valence-electron chi connectivity index (χ0n) is 17.6. The molecular formula is C24H28N3O3+. The molecule has 0 radical (unpaired) electrons. The van der Waals surface area contributed by atoms with Crippen LogP contribution >= 0.6 is 0 Å². The zero-order valence-corrected chi connectivity index (χ0v) is 17.6. The molecule has 2 aliphatic rings. The molecule has 3 N–H and O–H groups in total. The first-order chi connectivity index (χ1) is 14.4. The van der Waals surface area contributed by atoms with Crippen LogP contribution in [0.25, 0.3) is 5.57 Å². The van der Waals surface area contributed by atoms with Crippen LogP contribution in [0.15, 0.2) is 60.5 Å². The van der Waals surface area contributed by atoms with Crippen molar-refractivity contribution in [1.82, 2.24) is 0 Å². The van der Waals surface area contributed by atoms with Crippen molar-refractivity contribution in [1.29, 1.82) is 5.26 Å². The third kappa shape index (κ3) is 3.21. The first-order valence-corrected chi connectivity index (χ1v) is 10.2. The number of nitriles is 1. The highest BCUT2D eigenvalue weighted by Crippen LogP contribution is 2.50. The highest BCUT2D eigenvalue weighted by Gasteiger charge is 2.70. The highest BCUT2D eigenvalue weighted by molar-refractivity contribution is 6.26. The molecule has 0 aliphatic carbocycles. The maximum absolute atomic E-state index is 13.5. The van der Waals surface area contributed by atoms with Gasteiger partial charge in [0.05, 0.1) is 25.2 Å². The summed E-state index contributed by atoms with van der Waals surface area (Å²) in [6.07, 6.45) is -0.527. The van der Waals surface area contributed by atoms with Crippen molar-refractivity contribution < 1.29 is 19.1 Å². The third-order valence-corrected chi connectivity index (χ3v) is 5.85. The molecule has 6 heteroatoms. The summed E-state index contributed by atoms with van der Waals surface area (Å²) in [7, 11) is 1.54. The van der Waals surface area contributed by atoms with Gasteiger partial charge in [-0.2, -0.15) is 5.26 Å². The topological polar surface area (TPSA) is 96.3 Å². The van der Waals surface area contributed by atoms with Crippen molar-refractivity contribution in [3.63, 3.8) is 0 Å². The fourth-order valence-corrected chi connectivity index (χ4v) is 4.61. The van der Waals surface area contributed by atoms with E-state index in [-0.39, 0.29) is 16.7 Å². The number of hydrogen-bond acceptors (Lipinski definition) is 5. The van der Waals surface area contributed by atoms with Crippen LogP contribution in [-0.4, -0.2) is 40.8 Å². The summed E-state index contributed by atoms with van der Waals surface area (Å²) in [5.74, 6) is 0.278. The smallest absolute Gasteiger partial charge is 0.305 e. The molecule has 0 saturated carbocycles. The molecule has 0 spiro atoms. The number of aliphatic hydroxyl groups excluding tert-OH is 1. The minimum absolute atomic E-state index is 0.0413. The van der Waals surface area contributed by atoms with E-state index in [4.69, 9.17) is 15.7 Å². The number of hydrogen-bond donors (Lipinski definition) is 2. The van der Waals surface area contributed by atoms with Gasteiger partial charge in [0.15, 0.2) is 0 Å². The van der Waals surface area contributed by atoms with Crippen molar-refractivity contribution >= 4 is 11.4 Å². The molecule has 4 rings (SSSR count). The Balaban J connectivity index is 0.00000124. The molecule has 1 fully saturated rings. The zero-order chi connectivity index (χ0) is 21.9. The number of benzene rings is 2. The van der Waals surface area contributed by atoms with Crippen LogP contribution in [0.1, 0.15) is 37.0 Å². The number of nitrogens with two attached hydrogens (primary N) is 1. The van der Waals surface area contributed by atoms with Gasteiger partial charge < -0.3 is 9.84 Å². The number of quaternary nitrogens is 1. The van der Waals surface area contributed by atoms with E-state index >= 15 is 0 Å². The monoisotopic (exact) mass is 406 g/mol. The SMILES string of the molecule is CC.COC1=C(c2ccccc2)C(=O)C2(N)CC(O)C[N+]12Cc1ccc(C#N)cc1. The van der Waals surface area contributed by atoms with E-state index in [1.54, 1.807) is 19.2 Å². The number of carbonyl (C=O) groups is 1. The Morgan fingerprint density at radius 1 is 1.20 bits per heavy atom. The number of nitrogens with zero attached hydrogens (tertiary/aromatic N) is 2. The number of rotatable bonds is 4. The molecule has 2 aromatic rings. The second-order valence-electron chi connectivity index (χ2n) is 7.48. The van der Waals surface area contributed by atoms with Gasteiger partial charge in [-0.15, -0.1) is 0 Å². The van der Waals surface area contributed by atoms with Gasteiger partial charge in [-0.1, -0.05) is 56.3 Å². The van der Waals surface area contributed by atoms with E-state index in [1.807, 2.05) is 56.3 Å². The molecule has 0 amide bonds. The van der Waals surface area contributed by atoms with Crippen LogP contribution in [0.3, 0.4) is 0 Å². The van der Waals surface area contributed by atoms with E-state index in [0.29, 0.717) is 30.1 Å². The second kappa shape index (κ2) is 8.41. The molecule has 1 saturated heterocycles. The van der Waals surface area contributed by atoms with Crippen molar-refractivity contribution in [2.45, 2.75) is 38.6 Å². The van der Waals surface area contributed by atoms with E-state index in [0.717, 1.165) is 11.1 Å². The molecule has 0 bridgehead atoms. The van der Waals surface area contributed by atoms with Crippen molar-refractivity contribution in [3.8, 4) is 6.07 Å². The molecule has 0 aromatic heterocycles. The standard InChI is InChI=1S/C22H22N3O3.C2H6/c1-28-21-19(17-5-3-2-4-6-17)20(27)22(24)11-18(26)14-25(21,22)13-16-9-7-15(12-23)8-10-16;1-2/h2-10,18,26H,11,13-14,24H2,1H3;1-2H3/q+1;. The number of Topliss-reactive ketones (excluding diaryl/α,β-unsaturated/α-hetero) is 1. The lowest BCUT2D eigenvalue weighted by atomic mass is 9.94. The number of methoxy groups -OCH3 is 1. The minimum Gasteiger partial charge on any atom is -0.455 e. The Morgan fingerprint density at radius 2 is 1.83 bits per heavy atom. The molecule has 3 atom stereocenters. The molecular weight excluding hydrogens is 378 g/mol. The minimum atomic E-state index is -1.29. The largest absolute Gasteiger partial charge is 0.455 e. The van der Waals surface area contributed by atoms with Crippen molar-refractivity contribution in [3.05, 3.63) is 77.2 Å². The molecule has 2 aromatic carbocycles. The fraction of sp³-hybridized carbons (Fsp3) is 0.333. The predicted molar refractivity (Wildman–Crippen MR) is 114 cm³/mol.